The molecule has 0 saturated heterocycles. The van der Waals surface area contributed by atoms with Gasteiger partial charge in [-0.1, -0.05) is 28.1 Å². The Morgan fingerprint density at radius 1 is 1.16 bits per heavy atom. The molecule has 1 aromatic heterocycles. The number of halogens is 1. The van der Waals surface area contributed by atoms with Gasteiger partial charge in [-0.3, -0.25) is 0 Å². The highest BCUT2D eigenvalue weighted by atomic mass is 79.9. The smallest absolute Gasteiger partial charge is 0.134 e. The Hall–Kier alpha value is -1.42. The van der Waals surface area contributed by atoms with E-state index in [1.54, 1.807) is 0 Å². The Kier molecular flexibility index (Phi) is 3.27. The predicted octanol–water partition coefficient (Wildman–Crippen LogP) is 4.13. The number of aromatic nitrogens is 2. The van der Waals surface area contributed by atoms with Crippen molar-refractivity contribution in [2.75, 3.05) is 12.4 Å². The van der Waals surface area contributed by atoms with Gasteiger partial charge in [0.05, 0.1) is 5.69 Å². The zero-order valence-corrected chi connectivity index (χ0v) is 12.7. The van der Waals surface area contributed by atoms with E-state index in [0.717, 1.165) is 32.9 Å². The molecule has 0 atom stereocenters. The van der Waals surface area contributed by atoms with Crippen molar-refractivity contribution in [3.8, 4) is 11.3 Å². The summed E-state index contributed by atoms with van der Waals surface area (Å²) in [4.78, 5) is 9.40. The Labute approximate surface area is 121 Å². The molecule has 0 amide bonds. The van der Waals surface area contributed by atoms with Crippen molar-refractivity contribution in [2.45, 2.75) is 25.7 Å². The molecule has 3 nitrogen and oxygen atoms in total. The molecule has 1 saturated carbocycles. The molecule has 1 aliphatic rings. The zero-order valence-electron chi connectivity index (χ0n) is 11.1. The van der Waals surface area contributed by atoms with E-state index in [-0.39, 0.29) is 0 Å². The highest BCUT2D eigenvalue weighted by molar-refractivity contribution is 9.10. The van der Waals surface area contributed by atoms with Crippen LogP contribution in [0.15, 0.2) is 28.7 Å². The lowest BCUT2D eigenvalue weighted by molar-refractivity contribution is 0.924. The zero-order chi connectivity index (χ0) is 13.4. The van der Waals surface area contributed by atoms with Crippen LogP contribution < -0.4 is 5.32 Å². The van der Waals surface area contributed by atoms with Crippen molar-refractivity contribution in [1.29, 1.82) is 0 Å². The summed E-state index contributed by atoms with van der Waals surface area (Å²) in [6, 6.07) is 8.28. The molecule has 0 unspecified atom stereocenters. The summed E-state index contributed by atoms with van der Waals surface area (Å²) < 4.78 is 1.08. The van der Waals surface area contributed by atoms with Crippen LogP contribution >= 0.6 is 15.9 Å². The van der Waals surface area contributed by atoms with E-state index in [4.69, 9.17) is 4.98 Å². The van der Waals surface area contributed by atoms with Crippen LogP contribution in [-0.2, 0) is 0 Å². The van der Waals surface area contributed by atoms with Crippen molar-refractivity contribution in [1.82, 2.24) is 9.97 Å². The number of hydrogen-bond acceptors (Lipinski definition) is 3. The van der Waals surface area contributed by atoms with Gasteiger partial charge in [0, 0.05) is 28.6 Å². The third-order valence-corrected chi connectivity index (χ3v) is 3.99. The number of anilines is 1. The molecule has 0 aliphatic heterocycles. The number of rotatable bonds is 3. The molecular formula is C15H16BrN3. The molecule has 0 spiro atoms. The summed E-state index contributed by atoms with van der Waals surface area (Å²) in [5.41, 5.74) is 3.28. The summed E-state index contributed by atoms with van der Waals surface area (Å²) in [5.74, 6) is 2.48. The average Bonchev–Trinajstić information content (AvgIpc) is 3.25. The van der Waals surface area contributed by atoms with Crippen molar-refractivity contribution in [3.63, 3.8) is 0 Å². The molecule has 1 N–H and O–H groups in total. The van der Waals surface area contributed by atoms with Gasteiger partial charge in [0.25, 0.3) is 0 Å². The molecule has 1 fully saturated rings. The van der Waals surface area contributed by atoms with Gasteiger partial charge >= 0.3 is 0 Å². The molecule has 1 heterocycles. The predicted molar refractivity (Wildman–Crippen MR) is 81.4 cm³/mol. The third-order valence-electron chi connectivity index (χ3n) is 3.46. The second-order valence-corrected chi connectivity index (χ2v) is 5.85. The lowest BCUT2D eigenvalue weighted by Gasteiger charge is -2.12. The Morgan fingerprint density at radius 3 is 2.42 bits per heavy atom. The molecule has 0 radical (unpaired) electrons. The number of nitrogens with zero attached hydrogens (tertiary/aromatic N) is 2. The van der Waals surface area contributed by atoms with Crippen molar-refractivity contribution in [3.05, 3.63) is 40.1 Å². The molecule has 2 aromatic rings. The van der Waals surface area contributed by atoms with Crippen LogP contribution in [0.2, 0.25) is 0 Å². The van der Waals surface area contributed by atoms with Gasteiger partial charge in [-0.15, -0.1) is 0 Å². The van der Waals surface area contributed by atoms with Crippen LogP contribution in [0.5, 0.6) is 0 Å². The van der Waals surface area contributed by atoms with Crippen molar-refractivity contribution in [2.24, 2.45) is 0 Å². The van der Waals surface area contributed by atoms with Gasteiger partial charge in [-0.05, 0) is 31.9 Å². The lowest BCUT2D eigenvalue weighted by atomic mass is 10.1. The van der Waals surface area contributed by atoms with Crippen molar-refractivity contribution < 1.29 is 0 Å². The summed E-state index contributed by atoms with van der Waals surface area (Å²) >= 11 is 3.47. The first kappa shape index (κ1) is 12.6. The first-order valence-electron chi connectivity index (χ1n) is 6.51. The Bertz CT molecular complexity index is 604. The maximum Gasteiger partial charge on any atom is 0.134 e. The lowest BCUT2D eigenvalue weighted by Crippen LogP contribution is -2.04. The summed E-state index contributed by atoms with van der Waals surface area (Å²) in [5, 5.41) is 3.18. The van der Waals surface area contributed by atoms with Gasteiger partial charge in [0.1, 0.15) is 11.6 Å². The van der Waals surface area contributed by atoms with E-state index in [0.29, 0.717) is 5.92 Å². The number of nitrogens with one attached hydrogen (secondary N) is 1. The first-order chi connectivity index (χ1) is 9.19. The minimum atomic E-state index is 0.557. The minimum Gasteiger partial charge on any atom is -0.373 e. The van der Waals surface area contributed by atoms with Crippen LogP contribution in [-0.4, -0.2) is 17.0 Å². The second kappa shape index (κ2) is 4.93. The van der Waals surface area contributed by atoms with Gasteiger partial charge in [-0.25, -0.2) is 9.97 Å². The molecule has 1 aliphatic carbocycles. The van der Waals surface area contributed by atoms with Gasteiger partial charge in [0.15, 0.2) is 0 Å². The van der Waals surface area contributed by atoms with Gasteiger partial charge in [0.2, 0.25) is 0 Å². The quantitative estimate of drug-likeness (QED) is 0.924. The van der Waals surface area contributed by atoms with E-state index in [1.807, 2.05) is 19.2 Å². The van der Waals surface area contributed by atoms with E-state index < -0.39 is 0 Å². The third kappa shape index (κ3) is 2.50. The largest absolute Gasteiger partial charge is 0.373 e. The SMILES string of the molecule is CNc1nc(C2CC2)nc(-c2ccc(Br)cc2)c1C. The topological polar surface area (TPSA) is 37.8 Å². The van der Waals surface area contributed by atoms with Crippen molar-refractivity contribution >= 4 is 21.7 Å². The maximum atomic E-state index is 4.78. The number of hydrogen-bond donors (Lipinski definition) is 1. The molecule has 98 valence electrons. The maximum absolute atomic E-state index is 4.78. The highest BCUT2D eigenvalue weighted by Crippen LogP contribution is 2.40. The number of benzene rings is 1. The van der Waals surface area contributed by atoms with E-state index in [1.165, 1.54) is 12.8 Å². The standard InChI is InChI=1S/C15H16BrN3/c1-9-13(10-5-7-12(16)8-6-10)18-15(11-3-4-11)19-14(9)17-2/h5-8,11H,3-4H2,1-2H3,(H,17,18,19). The van der Waals surface area contributed by atoms with Crippen LogP contribution in [0.25, 0.3) is 11.3 Å². The fourth-order valence-electron chi connectivity index (χ4n) is 2.19. The summed E-state index contributed by atoms with van der Waals surface area (Å²) in [6.07, 6.45) is 2.43. The van der Waals surface area contributed by atoms with Gasteiger partial charge in [-0.2, -0.15) is 0 Å². The van der Waals surface area contributed by atoms with Crippen LogP contribution in [0.4, 0.5) is 5.82 Å². The molecule has 4 heteroatoms. The average molecular weight is 318 g/mol. The minimum absolute atomic E-state index is 0.557. The monoisotopic (exact) mass is 317 g/mol. The van der Waals surface area contributed by atoms with Crippen LogP contribution in [0.3, 0.4) is 0 Å². The van der Waals surface area contributed by atoms with Gasteiger partial charge < -0.3 is 5.32 Å². The van der Waals surface area contributed by atoms with E-state index >= 15 is 0 Å². The molecule has 3 rings (SSSR count). The Balaban J connectivity index is 2.12. The molecule has 0 bridgehead atoms. The van der Waals surface area contributed by atoms with E-state index in [9.17, 15) is 0 Å². The molecule has 1 aromatic carbocycles. The van der Waals surface area contributed by atoms with E-state index in [2.05, 4.69) is 45.3 Å². The van der Waals surface area contributed by atoms with Crippen LogP contribution in [0, 0.1) is 6.92 Å². The highest BCUT2D eigenvalue weighted by Gasteiger charge is 2.28. The molecule has 19 heavy (non-hydrogen) atoms. The first-order valence-corrected chi connectivity index (χ1v) is 7.30. The molecular weight excluding hydrogens is 302 g/mol. The fourth-order valence-corrected chi connectivity index (χ4v) is 2.45. The summed E-state index contributed by atoms with van der Waals surface area (Å²) in [6.45, 7) is 2.07. The normalized spacial score (nSPS) is 14.5. The Morgan fingerprint density at radius 2 is 1.84 bits per heavy atom. The van der Waals surface area contributed by atoms with Crippen LogP contribution in [0.1, 0.15) is 30.1 Å². The second-order valence-electron chi connectivity index (χ2n) is 4.94. The fraction of sp³-hybridized carbons (Fsp3) is 0.333. The summed E-state index contributed by atoms with van der Waals surface area (Å²) in [7, 11) is 1.91.